The number of nitrogens with zero attached hydrogens (tertiary/aromatic N) is 5. The van der Waals surface area contributed by atoms with Gasteiger partial charge in [-0.3, -0.25) is 14.2 Å². The molecule has 6 unspecified atom stereocenters. The van der Waals surface area contributed by atoms with Gasteiger partial charge in [0, 0.05) is 23.2 Å². The van der Waals surface area contributed by atoms with Crippen molar-refractivity contribution in [3.63, 3.8) is 0 Å². The van der Waals surface area contributed by atoms with Crippen LogP contribution in [0.15, 0.2) is 14.4 Å². The lowest BCUT2D eigenvalue weighted by molar-refractivity contribution is -0.276. The number of rotatable bonds is 28. The quantitative estimate of drug-likeness (QED) is 0.0346. The zero-order valence-electron chi connectivity index (χ0n) is 47.5. The number of hydroxylamine groups is 4. The average molecular weight is 1040 g/mol. The summed E-state index contributed by atoms with van der Waals surface area (Å²) in [6, 6.07) is -0.123. The van der Waals surface area contributed by atoms with Crippen LogP contribution in [0.25, 0.3) is 0 Å². The molecule has 20 nitrogen and oxygen atoms in total. The van der Waals surface area contributed by atoms with E-state index in [1.807, 2.05) is 76.2 Å². The van der Waals surface area contributed by atoms with Crippen LogP contribution in [-0.2, 0) is 76.3 Å². The second-order valence-corrected chi connectivity index (χ2v) is 25.3. The van der Waals surface area contributed by atoms with Crippen LogP contribution in [0.2, 0.25) is 0 Å². The minimum absolute atomic E-state index is 0.0617. The van der Waals surface area contributed by atoms with E-state index in [0.29, 0.717) is 4.57 Å². The van der Waals surface area contributed by atoms with Gasteiger partial charge in [-0.2, -0.15) is 10.1 Å². The standard InChI is InChI=1S/C50H94N5O15P/c1-23-37(46(8,9)10)54(49(17,18)19)69-35(6)41(57)64-31-28-52-43(59)51(27-30-63-40(56)34(5)66-33-39(48(14,15)16)71(62,67-25-3)68-26-4)44(60)53(45(52)61)29-32-65-42(58)36(7)70-55(50(20,21)22)38(24-2)47(11,12)13/h34-39H,23-33H2,1-22H3. The first-order valence-corrected chi connectivity index (χ1v) is 26.8. The smallest absolute Gasteiger partial charge is 0.337 e. The third kappa shape index (κ3) is 19.5. The number of esters is 3. The molecule has 21 heteroatoms. The Morgan fingerprint density at radius 1 is 0.507 bits per heavy atom. The summed E-state index contributed by atoms with van der Waals surface area (Å²) in [5.41, 5.74) is -5.89. The van der Waals surface area contributed by atoms with Crippen LogP contribution >= 0.6 is 7.60 Å². The highest BCUT2D eigenvalue weighted by molar-refractivity contribution is 7.54. The predicted octanol–water partition coefficient (Wildman–Crippen LogP) is 7.38. The second kappa shape index (κ2) is 27.3. The normalized spacial score (nSPS) is 15.8. The summed E-state index contributed by atoms with van der Waals surface area (Å²) in [5, 5.41) is 3.61. The van der Waals surface area contributed by atoms with E-state index < -0.39 is 122 Å². The van der Waals surface area contributed by atoms with Gasteiger partial charge in [-0.1, -0.05) is 76.2 Å². The van der Waals surface area contributed by atoms with Gasteiger partial charge in [-0.05, 0) is 105 Å². The topological polar surface area (TPSA) is 215 Å². The van der Waals surface area contributed by atoms with Crippen molar-refractivity contribution in [2.75, 3.05) is 39.6 Å². The number of aromatic nitrogens is 3. The van der Waals surface area contributed by atoms with E-state index in [-0.39, 0.29) is 42.7 Å². The molecule has 0 amide bonds. The highest BCUT2D eigenvalue weighted by Crippen LogP contribution is 2.58. The Kier molecular flexibility index (Phi) is 25.3. The van der Waals surface area contributed by atoms with Gasteiger partial charge in [0.15, 0.2) is 18.3 Å². The molecule has 0 radical (unpaired) electrons. The summed E-state index contributed by atoms with van der Waals surface area (Å²) in [6.45, 7) is 39.2. The Morgan fingerprint density at radius 3 is 1.04 bits per heavy atom. The lowest BCUT2D eigenvalue weighted by Crippen LogP contribution is -2.56. The van der Waals surface area contributed by atoms with Crippen LogP contribution in [0.4, 0.5) is 0 Å². The fourth-order valence-electron chi connectivity index (χ4n) is 8.10. The number of ether oxygens (including phenoxy) is 4. The maximum Gasteiger partial charge on any atom is 0.337 e. The van der Waals surface area contributed by atoms with Crippen LogP contribution in [0.1, 0.15) is 165 Å². The van der Waals surface area contributed by atoms with Gasteiger partial charge in [-0.25, -0.2) is 42.5 Å². The molecule has 0 saturated carbocycles. The van der Waals surface area contributed by atoms with Gasteiger partial charge in [0.1, 0.15) is 19.8 Å². The minimum Gasteiger partial charge on any atom is -0.462 e. The third-order valence-corrected chi connectivity index (χ3v) is 14.7. The van der Waals surface area contributed by atoms with E-state index >= 15 is 0 Å². The predicted molar refractivity (Wildman–Crippen MR) is 273 cm³/mol. The summed E-state index contributed by atoms with van der Waals surface area (Å²) >= 11 is 0. The highest BCUT2D eigenvalue weighted by Gasteiger charge is 2.45. The molecule has 1 rings (SSSR count). The van der Waals surface area contributed by atoms with Crippen molar-refractivity contribution in [1.29, 1.82) is 0 Å². The Morgan fingerprint density at radius 2 is 0.803 bits per heavy atom. The lowest BCUT2D eigenvalue weighted by atomic mass is 9.83. The molecule has 0 N–H and O–H groups in total. The van der Waals surface area contributed by atoms with Crippen molar-refractivity contribution < 1.29 is 56.6 Å². The Balaban J connectivity index is 3.50. The summed E-state index contributed by atoms with van der Waals surface area (Å²) < 4.78 is 49.4. The second-order valence-electron chi connectivity index (χ2n) is 23.1. The van der Waals surface area contributed by atoms with Crippen molar-refractivity contribution in [2.24, 2.45) is 16.2 Å². The fourth-order valence-corrected chi connectivity index (χ4v) is 10.5. The molecule has 0 bridgehead atoms. The van der Waals surface area contributed by atoms with Crippen molar-refractivity contribution in [2.45, 2.75) is 232 Å². The van der Waals surface area contributed by atoms with Gasteiger partial charge < -0.3 is 28.0 Å². The van der Waals surface area contributed by atoms with E-state index in [1.54, 1.807) is 37.8 Å². The van der Waals surface area contributed by atoms with E-state index in [2.05, 4.69) is 41.5 Å². The van der Waals surface area contributed by atoms with Crippen LogP contribution in [0.3, 0.4) is 0 Å². The number of carbonyl (C=O) groups excluding carboxylic acids is 3. The average Bonchev–Trinajstić information content (AvgIpc) is 3.21. The fraction of sp³-hybridized carbons (Fsp3) is 0.880. The molecule has 0 fully saturated rings. The largest absolute Gasteiger partial charge is 0.462 e. The van der Waals surface area contributed by atoms with E-state index in [1.165, 1.54) is 6.92 Å². The van der Waals surface area contributed by atoms with Crippen LogP contribution in [-0.4, -0.2) is 129 Å². The van der Waals surface area contributed by atoms with Gasteiger partial charge in [-0.15, -0.1) is 0 Å². The lowest BCUT2D eigenvalue weighted by Gasteiger charge is -2.46. The van der Waals surface area contributed by atoms with Crippen molar-refractivity contribution in [3.8, 4) is 0 Å². The molecule has 1 aromatic rings. The molecule has 0 aliphatic carbocycles. The molecular weight excluding hydrogens is 942 g/mol. The highest BCUT2D eigenvalue weighted by atomic mass is 31.2. The van der Waals surface area contributed by atoms with E-state index in [0.717, 1.165) is 22.0 Å². The third-order valence-electron chi connectivity index (χ3n) is 11.8. The first-order valence-electron chi connectivity index (χ1n) is 25.2. The van der Waals surface area contributed by atoms with Gasteiger partial charge in [0.2, 0.25) is 0 Å². The van der Waals surface area contributed by atoms with Crippen LogP contribution in [0, 0.1) is 16.2 Å². The molecule has 71 heavy (non-hydrogen) atoms. The molecule has 0 aliphatic rings. The summed E-state index contributed by atoms with van der Waals surface area (Å²) in [7, 11) is -3.66. The zero-order chi connectivity index (χ0) is 55.2. The van der Waals surface area contributed by atoms with Gasteiger partial charge in [0.25, 0.3) is 0 Å². The molecule has 0 saturated heterocycles. The monoisotopic (exact) mass is 1040 g/mol. The zero-order valence-corrected chi connectivity index (χ0v) is 48.4. The SMILES string of the molecule is CCOP(=O)(OCC)C(COC(C)C(=O)OCCn1c(=O)n(CCOC(=O)C(C)ON(C(CC)C(C)(C)C)C(C)(C)C)c(=O)n(CCOC(=O)C(C)ON(C(CC)C(C)(C)C)C(C)(C)C)c1=O)C(C)(C)C. The Labute approximate surface area is 424 Å². The molecule has 1 aromatic heterocycles. The van der Waals surface area contributed by atoms with E-state index in [9.17, 15) is 33.3 Å². The Bertz CT molecular complexity index is 1970. The molecular formula is C50H94N5O15P. The van der Waals surface area contributed by atoms with Gasteiger partial charge in [0.05, 0.1) is 45.1 Å². The van der Waals surface area contributed by atoms with E-state index in [4.69, 9.17) is 37.7 Å². The molecule has 414 valence electrons. The minimum atomic E-state index is -3.66. The molecule has 0 spiro atoms. The number of hydrogen-bond donors (Lipinski definition) is 0. The maximum atomic E-state index is 13.9. The van der Waals surface area contributed by atoms with Crippen molar-refractivity contribution in [3.05, 3.63) is 31.5 Å². The molecule has 0 aliphatic heterocycles. The summed E-state index contributed by atoms with van der Waals surface area (Å²) in [5.74, 6) is -2.34. The molecule has 6 atom stereocenters. The Hall–Kier alpha value is -3.23. The van der Waals surface area contributed by atoms with Crippen molar-refractivity contribution in [1.82, 2.24) is 23.8 Å². The van der Waals surface area contributed by atoms with Gasteiger partial charge >= 0.3 is 42.6 Å². The summed E-state index contributed by atoms with van der Waals surface area (Å²) in [4.78, 5) is 94.2. The number of carbonyl (C=O) groups is 3. The molecule has 1 heterocycles. The first kappa shape index (κ1) is 65.8. The van der Waals surface area contributed by atoms with Crippen LogP contribution < -0.4 is 17.1 Å². The van der Waals surface area contributed by atoms with Crippen molar-refractivity contribution >= 4 is 25.5 Å². The van der Waals surface area contributed by atoms with Crippen LogP contribution in [0.5, 0.6) is 0 Å². The maximum absolute atomic E-state index is 13.9. The number of hydrogen-bond acceptors (Lipinski definition) is 17. The summed E-state index contributed by atoms with van der Waals surface area (Å²) in [6.07, 6.45) is -1.82. The molecule has 0 aromatic carbocycles. The first-order chi connectivity index (χ1) is 32.3.